The second-order valence-electron chi connectivity index (χ2n) is 6.31. The average molecular weight is 255 g/mol. The molecule has 3 heteroatoms. The summed E-state index contributed by atoms with van der Waals surface area (Å²) < 4.78 is 0. The van der Waals surface area contributed by atoms with Crippen molar-refractivity contribution in [2.24, 2.45) is 17.6 Å². The standard InChI is InChI=1S/C15H33N3/c1-5-6-13(2)15(11-16)18-9-7-14(8-10-18)12-17(3)4/h13-15H,5-12,16H2,1-4H3. The molecule has 3 nitrogen and oxygen atoms in total. The Morgan fingerprint density at radius 2 is 1.89 bits per heavy atom. The van der Waals surface area contributed by atoms with E-state index in [-0.39, 0.29) is 0 Å². The zero-order valence-corrected chi connectivity index (χ0v) is 12.9. The molecule has 18 heavy (non-hydrogen) atoms. The van der Waals surface area contributed by atoms with E-state index in [4.69, 9.17) is 5.73 Å². The summed E-state index contributed by atoms with van der Waals surface area (Å²) in [5.74, 6) is 1.63. The molecule has 0 radical (unpaired) electrons. The second kappa shape index (κ2) is 8.13. The molecule has 1 rings (SSSR count). The quantitative estimate of drug-likeness (QED) is 0.755. The smallest absolute Gasteiger partial charge is 0.0243 e. The van der Waals surface area contributed by atoms with Crippen molar-refractivity contribution in [1.29, 1.82) is 0 Å². The Hall–Kier alpha value is -0.120. The first kappa shape index (κ1) is 15.9. The molecule has 0 spiro atoms. The van der Waals surface area contributed by atoms with Crippen LogP contribution in [0.4, 0.5) is 0 Å². The van der Waals surface area contributed by atoms with Crippen molar-refractivity contribution in [2.75, 3.05) is 40.3 Å². The largest absolute Gasteiger partial charge is 0.329 e. The van der Waals surface area contributed by atoms with E-state index in [1.165, 1.54) is 45.3 Å². The highest BCUT2D eigenvalue weighted by Crippen LogP contribution is 2.23. The molecule has 0 amide bonds. The highest BCUT2D eigenvalue weighted by Gasteiger charge is 2.27. The van der Waals surface area contributed by atoms with Crippen LogP contribution in [0.2, 0.25) is 0 Å². The highest BCUT2D eigenvalue weighted by atomic mass is 15.2. The fraction of sp³-hybridized carbons (Fsp3) is 1.00. The third-order valence-corrected chi connectivity index (χ3v) is 4.38. The van der Waals surface area contributed by atoms with Crippen molar-refractivity contribution in [3.05, 3.63) is 0 Å². The minimum absolute atomic E-state index is 0.602. The lowest BCUT2D eigenvalue weighted by atomic mass is 9.90. The summed E-state index contributed by atoms with van der Waals surface area (Å²) in [7, 11) is 4.36. The first-order valence-corrected chi connectivity index (χ1v) is 7.67. The van der Waals surface area contributed by atoms with E-state index >= 15 is 0 Å². The molecule has 1 saturated heterocycles. The molecule has 0 aromatic carbocycles. The number of nitrogens with zero attached hydrogens (tertiary/aromatic N) is 2. The Labute approximate surface area is 114 Å². The molecule has 0 aromatic heterocycles. The van der Waals surface area contributed by atoms with Crippen molar-refractivity contribution in [2.45, 2.75) is 45.6 Å². The molecule has 0 bridgehead atoms. The van der Waals surface area contributed by atoms with Crippen LogP contribution in [0.15, 0.2) is 0 Å². The Morgan fingerprint density at radius 1 is 1.28 bits per heavy atom. The van der Waals surface area contributed by atoms with Crippen molar-refractivity contribution in [1.82, 2.24) is 9.80 Å². The summed E-state index contributed by atoms with van der Waals surface area (Å²) in [6, 6.07) is 0.602. The maximum absolute atomic E-state index is 6.00. The van der Waals surface area contributed by atoms with Gasteiger partial charge in [-0.1, -0.05) is 20.3 Å². The number of nitrogens with two attached hydrogens (primary N) is 1. The van der Waals surface area contributed by atoms with Crippen molar-refractivity contribution in [3.8, 4) is 0 Å². The van der Waals surface area contributed by atoms with Crippen LogP contribution in [0.3, 0.4) is 0 Å². The van der Waals surface area contributed by atoms with Gasteiger partial charge >= 0.3 is 0 Å². The molecule has 0 saturated carbocycles. The lowest BCUT2D eigenvalue weighted by Gasteiger charge is -2.40. The number of hydrogen-bond acceptors (Lipinski definition) is 3. The first-order valence-electron chi connectivity index (χ1n) is 7.67. The van der Waals surface area contributed by atoms with Gasteiger partial charge in [-0.05, 0) is 58.3 Å². The van der Waals surface area contributed by atoms with Gasteiger partial charge < -0.3 is 10.6 Å². The van der Waals surface area contributed by atoms with Crippen LogP contribution in [-0.4, -0.2) is 56.1 Å². The predicted molar refractivity (Wildman–Crippen MR) is 79.8 cm³/mol. The van der Waals surface area contributed by atoms with Crippen LogP contribution in [0.1, 0.15) is 39.5 Å². The number of hydrogen-bond donors (Lipinski definition) is 1. The monoisotopic (exact) mass is 255 g/mol. The molecule has 2 N–H and O–H groups in total. The summed E-state index contributed by atoms with van der Waals surface area (Å²) in [6.07, 6.45) is 5.26. The van der Waals surface area contributed by atoms with Gasteiger partial charge in [-0.2, -0.15) is 0 Å². The Kier molecular flexibility index (Phi) is 7.20. The van der Waals surface area contributed by atoms with Crippen molar-refractivity contribution >= 4 is 0 Å². The summed E-state index contributed by atoms with van der Waals surface area (Å²) in [5.41, 5.74) is 6.00. The molecule has 1 aliphatic rings. The van der Waals surface area contributed by atoms with Crippen LogP contribution in [0.5, 0.6) is 0 Å². The fourth-order valence-electron chi connectivity index (χ4n) is 3.37. The van der Waals surface area contributed by atoms with Gasteiger partial charge in [0.2, 0.25) is 0 Å². The second-order valence-corrected chi connectivity index (χ2v) is 6.31. The average Bonchev–Trinajstić information content (AvgIpc) is 2.32. The van der Waals surface area contributed by atoms with Gasteiger partial charge in [-0.25, -0.2) is 0 Å². The maximum atomic E-state index is 6.00. The Balaban J connectivity index is 2.39. The molecule has 2 unspecified atom stereocenters. The van der Waals surface area contributed by atoms with Gasteiger partial charge in [0.25, 0.3) is 0 Å². The van der Waals surface area contributed by atoms with E-state index in [0.717, 1.165) is 18.4 Å². The summed E-state index contributed by atoms with van der Waals surface area (Å²) in [5, 5.41) is 0. The van der Waals surface area contributed by atoms with E-state index in [1.54, 1.807) is 0 Å². The van der Waals surface area contributed by atoms with Crippen LogP contribution >= 0.6 is 0 Å². The van der Waals surface area contributed by atoms with Crippen LogP contribution < -0.4 is 5.73 Å². The lowest BCUT2D eigenvalue weighted by molar-refractivity contribution is 0.0922. The molecule has 2 atom stereocenters. The number of piperidine rings is 1. The number of rotatable bonds is 7. The summed E-state index contributed by atoms with van der Waals surface area (Å²) in [6.45, 7) is 9.19. The Bertz CT molecular complexity index is 210. The van der Waals surface area contributed by atoms with Crippen molar-refractivity contribution in [3.63, 3.8) is 0 Å². The Morgan fingerprint density at radius 3 is 2.33 bits per heavy atom. The molecular formula is C15H33N3. The zero-order chi connectivity index (χ0) is 13.5. The minimum Gasteiger partial charge on any atom is -0.329 e. The van der Waals surface area contributed by atoms with Gasteiger partial charge in [-0.15, -0.1) is 0 Å². The molecule has 0 aliphatic carbocycles. The molecule has 1 heterocycles. The van der Waals surface area contributed by atoms with E-state index in [1.807, 2.05) is 0 Å². The van der Waals surface area contributed by atoms with E-state index in [0.29, 0.717) is 6.04 Å². The van der Waals surface area contributed by atoms with Gasteiger partial charge in [0.1, 0.15) is 0 Å². The van der Waals surface area contributed by atoms with Crippen molar-refractivity contribution < 1.29 is 0 Å². The molecular weight excluding hydrogens is 222 g/mol. The van der Waals surface area contributed by atoms with Crippen LogP contribution in [-0.2, 0) is 0 Å². The fourth-order valence-corrected chi connectivity index (χ4v) is 3.37. The first-order chi connectivity index (χ1) is 8.58. The van der Waals surface area contributed by atoms with Crippen LogP contribution in [0, 0.1) is 11.8 Å². The van der Waals surface area contributed by atoms with Crippen LogP contribution in [0.25, 0.3) is 0 Å². The SMILES string of the molecule is CCCC(C)C(CN)N1CCC(CN(C)C)CC1. The van der Waals surface area contributed by atoms with E-state index < -0.39 is 0 Å². The maximum Gasteiger partial charge on any atom is 0.0243 e. The molecule has 1 fully saturated rings. The predicted octanol–water partition coefficient (Wildman–Crippen LogP) is 2.02. The summed E-state index contributed by atoms with van der Waals surface area (Å²) >= 11 is 0. The molecule has 0 aromatic rings. The highest BCUT2D eigenvalue weighted by molar-refractivity contribution is 4.82. The zero-order valence-electron chi connectivity index (χ0n) is 12.9. The molecule has 108 valence electrons. The van der Waals surface area contributed by atoms with Gasteiger partial charge in [0.15, 0.2) is 0 Å². The van der Waals surface area contributed by atoms with Gasteiger partial charge in [0, 0.05) is 19.1 Å². The minimum atomic E-state index is 0.602. The summed E-state index contributed by atoms with van der Waals surface area (Å²) in [4.78, 5) is 4.97. The lowest BCUT2D eigenvalue weighted by Crippen LogP contribution is -2.49. The third kappa shape index (κ3) is 4.87. The normalized spacial score (nSPS) is 22.3. The third-order valence-electron chi connectivity index (χ3n) is 4.38. The van der Waals surface area contributed by atoms with E-state index in [2.05, 4.69) is 37.7 Å². The van der Waals surface area contributed by atoms with E-state index in [9.17, 15) is 0 Å². The van der Waals surface area contributed by atoms with Gasteiger partial charge in [-0.3, -0.25) is 4.90 Å². The topological polar surface area (TPSA) is 32.5 Å². The molecule has 1 aliphatic heterocycles. The van der Waals surface area contributed by atoms with Gasteiger partial charge in [0.05, 0.1) is 0 Å². The number of likely N-dealkylation sites (tertiary alicyclic amines) is 1.